The maximum atomic E-state index is 5.89. The van der Waals surface area contributed by atoms with Gasteiger partial charge in [0, 0.05) is 12.0 Å². The molecular formula is C11H18N2O. The molecule has 78 valence electrons. The average Bonchev–Trinajstić information content (AvgIpc) is 2.98. The topological polar surface area (TPSA) is 24.5 Å². The Bertz CT molecular complexity index is 242. The first-order valence-corrected chi connectivity index (χ1v) is 5.79. The van der Waals surface area contributed by atoms with Crippen molar-refractivity contribution in [2.24, 2.45) is 5.92 Å². The van der Waals surface area contributed by atoms with E-state index in [9.17, 15) is 0 Å². The highest BCUT2D eigenvalue weighted by Crippen LogP contribution is 2.39. The molecule has 0 aromatic heterocycles. The Morgan fingerprint density at radius 2 is 2.00 bits per heavy atom. The van der Waals surface area contributed by atoms with Gasteiger partial charge in [-0.25, -0.2) is 0 Å². The van der Waals surface area contributed by atoms with Crippen molar-refractivity contribution in [1.29, 1.82) is 0 Å². The molecule has 0 atom stereocenters. The highest BCUT2D eigenvalue weighted by molar-refractivity contribution is 5.09. The number of rotatable bonds is 2. The molecule has 2 fully saturated rings. The van der Waals surface area contributed by atoms with Crippen LogP contribution in [0.4, 0.5) is 0 Å². The summed E-state index contributed by atoms with van der Waals surface area (Å²) in [5.74, 6) is 2.02. The molecule has 3 nitrogen and oxygen atoms in total. The van der Waals surface area contributed by atoms with Gasteiger partial charge >= 0.3 is 0 Å². The van der Waals surface area contributed by atoms with Gasteiger partial charge in [-0.15, -0.1) is 5.06 Å². The number of hydrogen-bond donors (Lipinski definition) is 1. The Morgan fingerprint density at radius 1 is 1.21 bits per heavy atom. The highest BCUT2D eigenvalue weighted by Gasteiger charge is 2.34. The third-order valence-corrected chi connectivity index (χ3v) is 3.39. The van der Waals surface area contributed by atoms with Crippen molar-refractivity contribution in [3.05, 3.63) is 11.8 Å². The molecule has 3 heteroatoms. The zero-order chi connectivity index (χ0) is 9.38. The Labute approximate surface area is 85.1 Å². The molecule has 0 aromatic carbocycles. The minimum atomic E-state index is 0.642. The summed E-state index contributed by atoms with van der Waals surface area (Å²) < 4.78 is 0. The van der Waals surface area contributed by atoms with E-state index in [1.807, 2.05) is 0 Å². The van der Waals surface area contributed by atoms with Gasteiger partial charge in [-0.05, 0) is 44.8 Å². The number of allylic oxidation sites excluding steroid dienone is 1. The largest absolute Gasteiger partial charge is 0.410 e. The second kappa shape index (κ2) is 3.55. The van der Waals surface area contributed by atoms with Crippen LogP contribution in [0.2, 0.25) is 0 Å². The maximum Gasteiger partial charge on any atom is 0.125 e. The molecule has 1 aliphatic carbocycles. The lowest BCUT2D eigenvalue weighted by Crippen LogP contribution is -2.41. The Balaban J connectivity index is 1.55. The van der Waals surface area contributed by atoms with Crippen LogP contribution in [0.1, 0.15) is 25.7 Å². The van der Waals surface area contributed by atoms with Gasteiger partial charge in [0.05, 0.1) is 6.54 Å². The van der Waals surface area contributed by atoms with Gasteiger partial charge in [-0.1, -0.05) is 0 Å². The van der Waals surface area contributed by atoms with Gasteiger partial charge in [-0.3, -0.25) is 0 Å². The molecule has 1 saturated carbocycles. The Kier molecular flexibility index (Phi) is 2.22. The van der Waals surface area contributed by atoms with E-state index in [0.29, 0.717) is 6.04 Å². The zero-order valence-electron chi connectivity index (χ0n) is 8.54. The average molecular weight is 194 g/mol. The summed E-state index contributed by atoms with van der Waals surface area (Å²) in [4.78, 5) is 5.89. The molecule has 3 aliphatic rings. The van der Waals surface area contributed by atoms with Crippen LogP contribution < -0.4 is 5.32 Å². The number of hydrogen-bond acceptors (Lipinski definition) is 3. The van der Waals surface area contributed by atoms with E-state index in [1.54, 1.807) is 0 Å². The van der Waals surface area contributed by atoms with Crippen LogP contribution in [0.3, 0.4) is 0 Å². The fraction of sp³-hybridized carbons (Fsp3) is 0.818. The lowest BCUT2D eigenvalue weighted by Gasteiger charge is -2.30. The summed E-state index contributed by atoms with van der Waals surface area (Å²) in [6, 6.07) is 0.642. The van der Waals surface area contributed by atoms with E-state index < -0.39 is 0 Å². The second-order valence-corrected chi connectivity index (χ2v) is 4.55. The molecule has 1 saturated heterocycles. The van der Waals surface area contributed by atoms with E-state index in [2.05, 4.69) is 16.5 Å². The third kappa shape index (κ3) is 1.66. The SMILES string of the molecule is C1=C(C2CC2)ON(C2CCNCC2)C1. The van der Waals surface area contributed by atoms with Gasteiger partial charge < -0.3 is 10.2 Å². The van der Waals surface area contributed by atoms with Gasteiger partial charge in [0.15, 0.2) is 0 Å². The lowest BCUT2D eigenvalue weighted by atomic mass is 10.1. The van der Waals surface area contributed by atoms with Crippen LogP contribution in [0, 0.1) is 5.92 Å². The molecule has 0 unspecified atom stereocenters. The van der Waals surface area contributed by atoms with Crippen LogP contribution in [0.15, 0.2) is 11.8 Å². The van der Waals surface area contributed by atoms with Gasteiger partial charge in [0.25, 0.3) is 0 Å². The smallest absolute Gasteiger partial charge is 0.125 e. The molecule has 0 bridgehead atoms. The first-order valence-electron chi connectivity index (χ1n) is 5.79. The minimum absolute atomic E-state index is 0.642. The van der Waals surface area contributed by atoms with Crippen molar-refractivity contribution in [1.82, 2.24) is 10.4 Å². The molecule has 0 spiro atoms. The zero-order valence-corrected chi connectivity index (χ0v) is 8.54. The number of piperidine rings is 1. The first kappa shape index (κ1) is 8.74. The molecular weight excluding hydrogens is 176 g/mol. The lowest BCUT2D eigenvalue weighted by molar-refractivity contribution is -0.134. The van der Waals surface area contributed by atoms with E-state index in [4.69, 9.17) is 4.84 Å². The predicted octanol–water partition coefficient (Wildman–Crippen LogP) is 1.28. The first-order chi connectivity index (χ1) is 6.93. The summed E-state index contributed by atoms with van der Waals surface area (Å²) in [6.45, 7) is 3.29. The van der Waals surface area contributed by atoms with Crippen molar-refractivity contribution < 1.29 is 4.84 Å². The number of hydroxylamine groups is 2. The molecule has 1 N–H and O–H groups in total. The fourth-order valence-electron chi connectivity index (χ4n) is 2.32. The van der Waals surface area contributed by atoms with Crippen molar-refractivity contribution in [2.75, 3.05) is 19.6 Å². The minimum Gasteiger partial charge on any atom is -0.410 e. The summed E-state index contributed by atoms with van der Waals surface area (Å²) in [7, 11) is 0. The van der Waals surface area contributed by atoms with E-state index in [1.165, 1.54) is 31.4 Å². The maximum absolute atomic E-state index is 5.89. The van der Waals surface area contributed by atoms with Crippen molar-refractivity contribution in [3.63, 3.8) is 0 Å². The summed E-state index contributed by atoms with van der Waals surface area (Å²) >= 11 is 0. The summed E-state index contributed by atoms with van der Waals surface area (Å²) in [5, 5.41) is 5.57. The second-order valence-electron chi connectivity index (χ2n) is 4.55. The molecule has 3 rings (SSSR count). The predicted molar refractivity (Wildman–Crippen MR) is 54.5 cm³/mol. The number of nitrogens with one attached hydrogen (secondary N) is 1. The van der Waals surface area contributed by atoms with Gasteiger partial charge in [0.1, 0.15) is 5.76 Å². The normalized spacial score (nSPS) is 30.1. The molecule has 2 aliphatic heterocycles. The molecule has 14 heavy (non-hydrogen) atoms. The Morgan fingerprint density at radius 3 is 2.71 bits per heavy atom. The van der Waals surface area contributed by atoms with E-state index in [-0.39, 0.29) is 0 Å². The third-order valence-electron chi connectivity index (χ3n) is 3.39. The number of nitrogens with zero attached hydrogens (tertiary/aromatic N) is 1. The Hall–Kier alpha value is -0.540. The summed E-state index contributed by atoms with van der Waals surface area (Å²) in [6.07, 6.45) is 7.41. The molecule has 2 heterocycles. The summed E-state index contributed by atoms with van der Waals surface area (Å²) in [5.41, 5.74) is 0. The molecule has 0 aromatic rings. The van der Waals surface area contributed by atoms with Gasteiger partial charge in [0.2, 0.25) is 0 Å². The van der Waals surface area contributed by atoms with Crippen LogP contribution in [0.25, 0.3) is 0 Å². The molecule has 0 amide bonds. The monoisotopic (exact) mass is 194 g/mol. The van der Waals surface area contributed by atoms with Crippen LogP contribution in [0.5, 0.6) is 0 Å². The van der Waals surface area contributed by atoms with Crippen molar-refractivity contribution in [3.8, 4) is 0 Å². The fourth-order valence-corrected chi connectivity index (χ4v) is 2.32. The highest BCUT2D eigenvalue weighted by atomic mass is 16.7. The van der Waals surface area contributed by atoms with Crippen LogP contribution in [-0.2, 0) is 4.84 Å². The van der Waals surface area contributed by atoms with Crippen LogP contribution in [-0.4, -0.2) is 30.7 Å². The standard InChI is InChI=1S/C11H18N2O/c1-2-9(1)11-5-8-13(14-11)10-3-6-12-7-4-10/h5,9-10,12H,1-4,6-8H2. The van der Waals surface area contributed by atoms with E-state index in [0.717, 1.165) is 25.6 Å². The van der Waals surface area contributed by atoms with Crippen LogP contribution >= 0.6 is 0 Å². The molecule has 0 radical (unpaired) electrons. The van der Waals surface area contributed by atoms with E-state index >= 15 is 0 Å². The van der Waals surface area contributed by atoms with Crippen molar-refractivity contribution >= 4 is 0 Å². The quantitative estimate of drug-likeness (QED) is 0.716. The van der Waals surface area contributed by atoms with Gasteiger partial charge in [-0.2, -0.15) is 0 Å². The van der Waals surface area contributed by atoms with Crippen molar-refractivity contribution in [2.45, 2.75) is 31.7 Å².